The maximum atomic E-state index is 12.6. The molecule has 0 aliphatic rings. The number of methoxy groups -OCH3 is 1. The van der Waals surface area contributed by atoms with Crippen LogP contribution in [0.1, 0.15) is 15.9 Å². The van der Waals surface area contributed by atoms with Gasteiger partial charge in [-0.25, -0.2) is 8.42 Å². The zero-order valence-corrected chi connectivity index (χ0v) is 16.6. The first-order chi connectivity index (χ1) is 13.8. The Labute approximate surface area is 169 Å². The van der Waals surface area contributed by atoms with Crippen molar-refractivity contribution in [3.05, 3.63) is 65.7 Å². The number of rotatable bonds is 9. The quantitative estimate of drug-likeness (QED) is 0.590. The van der Waals surface area contributed by atoms with E-state index in [4.69, 9.17) is 10.00 Å². The zero-order chi connectivity index (χ0) is 21.3. The third-order valence-electron chi connectivity index (χ3n) is 3.97. The summed E-state index contributed by atoms with van der Waals surface area (Å²) in [6.45, 7) is -0.297. The third kappa shape index (κ3) is 6.93. The van der Waals surface area contributed by atoms with Crippen LogP contribution in [0.2, 0.25) is 0 Å². The number of nitrogens with one attached hydrogen (secondary N) is 2. The van der Waals surface area contributed by atoms with Gasteiger partial charge in [0.15, 0.2) is 9.84 Å². The average molecular weight is 415 g/mol. The largest absolute Gasteiger partial charge is 0.497 e. The van der Waals surface area contributed by atoms with Gasteiger partial charge in [-0.05, 0) is 29.8 Å². The van der Waals surface area contributed by atoms with Crippen LogP contribution in [0.5, 0.6) is 5.75 Å². The van der Waals surface area contributed by atoms with Gasteiger partial charge in [0.1, 0.15) is 18.3 Å². The molecule has 0 radical (unpaired) electrons. The number of benzene rings is 2. The molecule has 29 heavy (non-hydrogen) atoms. The summed E-state index contributed by atoms with van der Waals surface area (Å²) in [6, 6.07) is 15.0. The molecule has 0 aliphatic carbocycles. The molecule has 0 saturated carbocycles. The fourth-order valence-electron chi connectivity index (χ4n) is 2.55. The van der Waals surface area contributed by atoms with Gasteiger partial charge >= 0.3 is 0 Å². The molecule has 0 heterocycles. The summed E-state index contributed by atoms with van der Waals surface area (Å²) >= 11 is 0. The van der Waals surface area contributed by atoms with Crippen LogP contribution >= 0.6 is 0 Å². The van der Waals surface area contributed by atoms with Gasteiger partial charge in [0.25, 0.3) is 5.91 Å². The Bertz CT molecular complexity index is 983. The normalized spacial score (nSPS) is 11.7. The molecule has 0 bridgehead atoms. The summed E-state index contributed by atoms with van der Waals surface area (Å²) in [4.78, 5) is 24.7. The van der Waals surface area contributed by atoms with E-state index in [1.807, 2.05) is 0 Å². The van der Waals surface area contributed by atoms with Crippen molar-refractivity contribution in [2.24, 2.45) is 0 Å². The fraction of sp³-hybridized carbons (Fsp3) is 0.250. The molecule has 2 N–H and O–H groups in total. The number of carbonyl (C=O) groups is 2. The van der Waals surface area contributed by atoms with Crippen LogP contribution in [0, 0.1) is 11.3 Å². The lowest BCUT2D eigenvalue weighted by atomic mass is 10.2. The molecule has 2 aromatic carbocycles. The van der Waals surface area contributed by atoms with Crippen LogP contribution in [0.4, 0.5) is 0 Å². The second-order valence-electron chi connectivity index (χ2n) is 6.17. The Balaban J connectivity index is 2.15. The highest BCUT2D eigenvalue weighted by molar-refractivity contribution is 7.90. The van der Waals surface area contributed by atoms with E-state index in [1.165, 1.54) is 7.11 Å². The number of amides is 2. The van der Waals surface area contributed by atoms with Crippen molar-refractivity contribution >= 4 is 21.7 Å². The molecule has 0 saturated heterocycles. The number of hydrogen-bond acceptors (Lipinski definition) is 6. The standard InChI is InChI=1S/C20H21N3O5S/c1-28-17-9-7-15(8-10-17)13-29(26,27)14-18(20(25)22-12-11-21)23-19(24)16-5-3-2-4-6-16/h2-10,18H,12-14H2,1H3,(H,22,25)(H,23,24)/t18-/m0/s1. The smallest absolute Gasteiger partial charge is 0.251 e. The van der Waals surface area contributed by atoms with E-state index in [2.05, 4.69) is 10.6 Å². The lowest BCUT2D eigenvalue weighted by molar-refractivity contribution is -0.122. The maximum Gasteiger partial charge on any atom is 0.251 e. The number of carbonyl (C=O) groups excluding carboxylic acids is 2. The summed E-state index contributed by atoms with van der Waals surface area (Å²) < 4.78 is 30.3. The van der Waals surface area contributed by atoms with Crippen molar-refractivity contribution < 1.29 is 22.7 Å². The molecule has 9 heteroatoms. The van der Waals surface area contributed by atoms with E-state index in [0.29, 0.717) is 11.3 Å². The maximum absolute atomic E-state index is 12.6. The number of sulfone groups is 1. The van der Waals surface area contributed by atoms with Crippen LogP contribution in [-0.4, -0.2) is 45.7 Å². The summed E-state index contributed by atoms with van der Waals surface area (Å²) in [7, 11) is -2.24. The number of nitriles is 1. The second kappa shape index (κ2) is 10.2. The summed E-state index contributed by atoms with van der Waals surface area (Å²) in [5, 5.41) is 13.4. The van der Waals surface area contributed by atoms with Crippen LogP contribution in [0.3, 0.4) is 0 Å². The third-order valence-corrected chi connectivity index (χ3v) is 5.58. The molecule has 0 aliphatic heterocycles. The number of nitrogens with zero attached hydrogens (tertiary/aromatic N) is 1. The van der Waals surface area contributed by atoms with Gasteiger partial charge in [0.2, 0.25) is 5.91 Å². The molecule has 2 rings (SSSR count). The Morgan fingerprint density at radius 2 is 1.76 bits per heavy atom. The molecular weight excluding hydrogens is 394 g/mol. The van der Waals surface area contributed by atoms with Gasteiger partial charge in [-0.1, -0.05) is 30.3 Å². The van der Waals surface area contributed by atoms with Crippen LogP contribution in [0.15, 0.2) is 54.6 Å². The topological polar surface area (TPSA) is 125 Å². The molecule has 0 spiro atoms. The minimum absolute atomic E-state index is 0.290. The van der Waals surface area contributed by atoms with Gasteiger partial charge in [-0.3, -0.25) is 9.59 Å². The molecule has 1 atom stereocenters. The van der Waals surface area contributed by atoms with E-state index >= 15 is 0 Å². The predicted molar refractivity (Wildman–Crippen MR) is 107 cm³/mol. The fourth-order valence-corrected chi connectivity index (χ4v) is 4.11. The average Bonchev–Trinajstić information content (AvgIpc) is 2.72. The van der Waals surface area contributed by atoms with Gasteiger partial charge in [0, 0.05) is 5.56 Å². The second-order valence-corrected chi connectivity index (χ2v) is 8.28. The van der Waals surface area contributed by atoms with E-state index in [9.17, 15) is 18.0 Å². The Morgan fingerprint density at radius 1 is 1.10 bits per heavy atom. The van der Waals surface area contributed by atoms with E-state index in [-0.39, 0.29) is 17.9 Å². The van der Waals surface area contributed by atoms with E-state index in [0.717, 1.165) is 0 Å². The number of ether oxygens (including phenoxy) is 1. The van der Waals surface area contributed by atoms with Gasteiger partial charge < -0.3 is 15.4 Å². The van der Waals surface area contributed by atoms with Crippen molar-refractivity contribution in [3.8, 4) is 11.8 Å². The SMILES string of the molecule is COc1ccc(CS(=O)(=O)C[C@H](NC(=O)c2ccccc2)C(=O)NCC#N)cc1. The molecule has 0 aromatic heterocycles. The van der Waals surface area contributed by atoms with Crippen molar-refractivity contribution in [1.29, 1.82) is 5.26 Å². The van der Waals surface area contributed by atoms with Crippen molar-refractivity contribution in [2.45, 2.75) is 11.8 Å². The highest BCUT2D eigenvalue weighted by Crippen LogP contribution is 2.14. The molecule has 2 amide bonds. The minimum Gasteiger partial charge on any atom is -0.497 e. The van der Waals surface area contributed by atoms with E-state index in [1.54, 1.807) is 60.7 Å². The van der Waals surface area contributed by atoms with Crippen molar-refractivity contribution in [3.63, 3.8) is 0 Å². The first kappa shape index (κ1) is 21.9. The molecule has 8 nitrogen and oxygen atoms in total. The van der Waals surface area contributed by atoms with Crippen LogP contribution < -0.4 is 15.4 Å². The Kier molecular flexibility index (Phi) is 7.74. The Hall–Kier alpha value is -3.38. The summed E-state index contributed by atoms with van der Waals surface area (Å²) in [5.41, 5.74) is 0.814. The summed E-state index contributed by atoms with van der Waals surface area (Å²) in [6.07, 6.45) is 0. The van der Waals surface area contributed by atoms with Gasteiger partial charge in [0.05, 0.1) is 24.7 Å². The first-order valence-corrected chi connectivity index (χ1v) is 10.5. The molecule has 2 aromatic rings. The molecular formula is C20H21N3O5S. The van der Waals surface area contributed by atoms with Crippen LogP contribution in [-0.2, 0) is 20.4 Å². The monoisotopic (exact) mass is 415 g/mol. The van der Waals surface area contributed by atoms with Gasteiger partial charge in [-0.2, -0.15) is 5.26 Å². The Morgan fingerprint density at radius 3 is 2.34 bits per heavy atom. The minimum atomic E-state index is -3.75. The van der Waals surface area contributed by atoms with Gasteiger partial charge in [-0.15, -0.1) is 0 Å². The van der Waals surface area contributed by atoms with Crippen molar-refractivity contribution in [1.82, 2.24) is 10.6 Å². The van der Waals surface area contributed by atoms with Crippen LogP contribution in [0.25, 0.3) is 0 Å². The highest BCUT2D eigenvalue weighted by Gasteiger charge is 2.27. The highest BCUT2D eigenvalue weighted by atomic mass is 32.2. The molecule has 0 fully saturated rings. The molecule has 0 unspecified atom stereocenters. The molecule has 152 valence electrons. The van der Waals surface area contributed by atoms with E-state index < -0.39 is 33.4 Å². The zero-order valence-electron chi connectivity index (χ0n) is 15.8. The first-order valence-electron chi connectivity index (χ1n) is 8.68. The van der Waals surface area contributed by atoms with Crippen molar-refractivity contribution in [2.75, 3.05) is 19.4 Å². The lowest BCUT2D eigenvalue weighted by Crippen LogP contribution is -2.50. The summed E-state index contributed by atoms with van der Waals surface area (Å²) in [5.74, 6) is -1.64. The number of hydrogen-bond donors (Lipinski definition) is 2. The predicted octanol–water partition coefficient (Wildman–Crippen LogP) is 1.05. The lowest BCUT2D eigenvalue weighted by Gasteiger charge is -2.18.